The summed E-state index contributed by atoms with van der Waals surface area (Å²) in [5.41, 5.74) is 2.40. The highest BCUT2D eigenvalue weighted by Gasteiger charge is 2.29. The van der Waals surface area contributed by atoms with E-state index >= 15 is 0 Å². The van der Waals surface area contributed by atoms with Crippen molar-refractivity contribution < 1.29 is 14.2 Å². The average molecular weight is 383 g/mol. The highest BCUT2D eigenvalue weighted by atomic mass is 35.5. The molecule has 1 aliphatic rings. The molecule has 0 spiro atoms. The third kappa shape index (κ3) is 3.98. The normalized spacial score (nSPS) is 15.9. The van der Waals surface area contributed by atoms with Crippen molar-refractivity contribution >= 4 is 23.2 Å². The molecule has 0 bridgehead atoms. The Bertz CT molecular complexity index is 970. The van der Waals surface area contributed by atoms with Crippen LogP contribution >= 0.6 is 11.6 Å². The minimum Gasteiger partial charge on any atom is -0.382 e. The maximum Gasteiger partial charge on any atom is 0.264 e. The Morgan fingerprint density at radius 3 is 2.67 bits per heavy atom. The van der Waals surface area contributed by atoms with Crippen LogP contribution in [0.15, 0.2) is 64.3 Å². The van der Waals surface area contributed by atoms with Gasteiger partial charge in [0.1, 0.15) is 0 Å². The molecule has 1 aromatic heterocycles. The monoisotopic (exact) mass is 382 g/mol. The molecule has 136 valence electrons. The topological polar surface area (TPSA) is 89.6 Å². The van der Waals surface area contributed by atoms with Gasteiger partial charge in [0.05, 0.1) is 12.3 Å². The summed E-state index contributed by atoms with van der Waals surface area (Å²) in [7, 11) is 0. The number of nitrogens with one attached hydrogen (secondary N) is 1. The predicted molar refractivity (Wildman–Crippen MR) is 99.1 cm³/mol. The number of benzene rings is 2. The second kappa shape index (κ2) is 7.59. The van der Waals surface area contributed by atoms with Gasteiger partial charge in [-0.2, -0.15) is 4.98 Å². The van der Waals surface area contributed by atoms with Gasteiger partial charge in [0.15, 0.2) is 5.82 Å². The summed E-state index contributed by atoms with van der Waals surface area (Å²) in [4.78, 5) is 21.8. The molecule has 1 amide bonds. The van der Waals surface area contributed by atoms with Gasteiger partial charge in [-0.05, 0) is 29.8 Å². The Balaban J connectivity index is 1.32. The van der Waals surface area contributed by atoms with E-state index in [1.165, 1.54) is 0 Å². The predicted octanol–water partition coefficient (Wildman–Crippen LogP) is 3.20. The zero-order valence-electron chi connectivity index (χ0n) is 14.1. The minimum atomic E-state index is -0.684. The highest BCUT2D eigenvalue weighted by Crippen LogP contribution is 2.19. The molecule has 0 aliphatic carbocycles. The number of rotatable bonds is 5. The van der Waals surface area contributed by atoms with Crippen molar-refractivity contribution in [3.05, 3.63) is 71.0 Å². The third-order valence-electron chi connectivity index (χ3n) is 4.05. The minimum absolute atomic E-state index is 0.144. The fourth-order valence-corrected chi connectivity index (χ4v) is 2.76. The molecule has 4 rings (SSSR count). The molecule has 1 N–H and O–H groups in total. The lowest BCUT2D eigenvalue weighted by molar-refractivity contribution is -0.131. The van der Waals surface area contributed by atoms with E-state index in [0.717, 1.165) is 11.1 Å². The van der Waals surface area contributed by atoms with Crippen LogP contribution in [0, 0.1) is 0 Å². The first kappa shape index (κ1) is 17.2. The number of carbonyl (C=O) groups excluding carboxylic acids is 1. The fourth-order valence-electron chi connectivity index (χ4n) is 2.63. The summed E-state index contributed by atoms with van der Waals surface area (Å²) < 4.78 is 5.22. The van der Waals surface area contributed by atoms with Crippen molar-refractivity contribution in [3.63, 3.8) is 0 Å². The largest absolute Gasteiger partial charge is 0.382 e. The molecule has 27 heavy (non-hydrogen) atoms. The Labute approximate surface area is 160 Å². The van der Waals surface area contributed by atoms with Crippen molar-refractivity contribution in [2.45, 2.75) is 19.1 Å². The molecule has 2 aromatic carbocycles. The van der Waals surface area contributed by atoms with Crippen molar-refractivity contribution in [1.82, 2.24) is 15.5 Å². The van der Waals surface area contributed by atoms with E-state index in [4.69, 9.17) is 21.0 Å². The van der Waals surface area contributed by atoms with Crippen LogP contribution < -0.4 is 5.32 Å². The number of oxime groups is 1. The zero-order valence-corrected chi connectivity index (χ0v) is 14.9. The van der Waals surface area contributed by atoms with Gasteiger partial charge < -0.3 is 14.7 Å². The maximum absolute atomic E-state index is 12.3. The summed E-state index contributed by atoms with van der Waals surface area (Å²) in [6.45, 7) is 0.144. The lowest BCUT2D eigenvalue weighted by atomic mass is 10.0. The van der Waals surface area contributed by atoms with Crippen molar-refractivity contribution in [2.24, 2.45) is 5.16 Å². The molecule has 0 saturated heterocycles. The summed E-state index contributed by atoms with van der Waals surface area (Å²) in [6, 6.07) is 16.7. The standard InChI is InChI=1S/C19H15ClN4O3/c20-14-8-6-12(7-9-14)15-10-16(26-23-15)18(25)21-11-17-22-19(27-24-17)13-4-2-1-3-5-13/h1-9,16H,10-11H2,(H,21,25)/t16-/m1/s1. The number of hydrogen-bond donors (Lipinski definition) is 1. The summed E-state index contributed by atoms with van der Waals surface area (Å²) >= 11 is 5.88. The lowest BCUT2D eigenvalue weighted by Crippen LogP contribution is -2.34. The smallest absolute Gasteiger partial charge is 0.264 e. The number of carbonyl (C=O) groups is 1. The van der Waals surface area contributed by atoms with Gasteiger partial charge >= 0.3 is 0 Å². The Kier molecular flexibility index (Phi) is 4.84. The quantitative estimate of drug-likeness (QED) is 0.731. The average Bonchev–Trinajstić information content (AvgIpc) is 3.37. The summed E-state index contributed by atoms with van der Waals surface area (Å²) in [6.07, 6.45) is -0.300. The fraction of sp³-hybridized carbons (Fsp3) is 0.158. The molecule has 0 saturated carbocycles. The highest BCUT2D eigenvalue weighted by molar-refractivity contribution is 6.30. The van der Waals surface area contributed by atoms with Crippen LogP contribution in [0.25, 0.3) is 11.5 Å². The van der Waals surface area contributed by atoms with Gasteiger partial charge in [-0.3, -0.25) is 4.79 Å². The SMILES string of the molecule is O=C(NCc1noc(-c2ccccc2)n1)[C@H]1CC(c2ccc(Cl)cc2)=NO1. The van der Waals surface area contributed by atoms with Gasteiger partial charge in [-0.25, -0.2) is 0 Å². The molecule has 0 radical (unpaired) electrons. The number of hydrogen-bond acceptors (Lipinski definition) is 6. The molecule has 1 aliphatic heterocycles. The van der Waals surface area contributed by atoms with E-state index in [-0.39, 0.29) is 12.5 Å². The number of aromatic nitrogens is 2. The van der Waals surface area contributed by atoms with Crippen molar-refractivity contribution in [3.8, 4) is 11.5 Å². The molecule has 0 unspecified atom stereocenters. The van der Waals surface area contributed by atoms with Gasteiger partial charge in [0, 0.05) is 17.0 Å². The lowest BCUT2D eigenvalue weighted by Gasteiger charge is -2.07. The first-order valence-electron chi connectivity index (χ1n) is 8.33. The van der Waals surface area contributed by atoms with E-state index in [9.17, 15) is 4.79 Å². The molecular weight excluding hydrogens is 368 g/mol. The Hall–Kier alpha value is -3.19. The van der Waals surface area contributed by atoms with Gasteiger partial charge in [-0.15, -0.1) is 0 Å². The molecule has 2 heterocycles. The van der Waals surface area contributed by atoms with Gasteiger partial charge in [0.25, 0.3) is 11.8 Å². The number of nitrogens with zero attached hydrogens (tertiary/aromatic N) is 3. The van der Waals surface area contributed by atoms with E-state index in [1.807, 2.05) is 42.5 Å². The zero-order chi connectivity index (χ0) is 18.6. The molecular formula is C19H15ClN4O3. The van der Waals surface area contributed by atoms with Crippen LogP contribution in [-0.4, -0.2) is 27.9 Å². The Morgan fingerprint density at radius 2 is 1.89 bits per heavy atom. The summed E-state index contributed by atoms with van der Waals surface area (Å²) in [5.74, 6) is 0.512. The van der Waals surface area contributed by atoms with Crippen LogP contribution in [-0.2, 0) is 16.2 Å². The molecule has 3 aromatic rings. The second-order valence-electron chi connectivity index (χ2n) is 5.94. The molecule has 1 atom stereocenters. The van der Waals surface area contributed by atoms with Crippen molar-refractivity contribution in [2.75, 3.05) is 0 Å². The van der Waals surface area contributed by atoms with Crippen LogP contribution in [0.1, 0.15) is 17.8 Å². The van der Waals surface area contributed by atoms with E-state index in [0.29, 0.717) is 28.9 Å². The second-order valence-corrected chi connectivity index (χ2v) is 6.38. The first-order chi connectivity index (χ1) is 13.2. The maximum atomic E-state index is 12.3. The van der Waals surface area contributed by atoms with Crippen LogP contribution in [0.3, 0.4) is 0 Å². The van der Waals surface area contributed by atoms with Crippen LogP contribution in [0.4, 0.5) is 0 Å². The van der Waals surface area contributed by atoms with Crippen LogP contribution in [0.5, 0.6) is 0 Å². The molecule has 0 fully saturated rings. The van der Waals surface area contributed by atoms with E-state index in [2.05, 4.69) is 20.6 Å². The van der Waals surface area contributed by atoms with Crippen LogP contribution in [0.2, 0.25) is 5.02 Å². The first-order valence-corrected chi connectivity index (χ1v) is 8.71. The summed E-state index contributed by atoms with van der Waals surface area (Å²) in [5, 5.41) is 11.3. The number of amides is 1. The third-order valence-corrected chi connectivity index (χ3v) is 4.30. The molecule has 8 heteroatoms. The number of halogens is 1. The van der Waals surface area contributed by atoms with Gasteiger partial charge in [0.2, 0.25) is 6.10 Å². The van der Waals surface area contributed by atoms with E-state index < -0.39 is 6.10 Å². The van der Waals surface area contributed by atoms with Gasteiger partial charge in [-0.1, -0.05) is 52.2 Å². The van der Waals surface area contributed by atoms with Crippen molar-refractivity contribution in [1.29, 1.82) is 0 Å². The van der Waals surface area contributed by atoms with E-state index in [1.54, 1.807) is 12.1 Å². The Morgan fingerprint density at radius 1 is 1.11 bits per heavy atom. The molecule has 7 nitrogen and oxygen atoms in total.